The molecule has 1 aromatic heterocycles. The summed E-state index contributed by atoms with van der Waals surface area (Å²) in [5.41, 5.74) is 10.2. The third-order valence-corrected chi connectivity index (χ3v) is 4.14. The number of halogens is 1. The van der Waals surface area contributed by atoms with Crippen molar-refractivity contribution in [3.8, 4) is 5.69 Å². The van der Waals surface area contributed by atoms with Crippen LogP contribution < -0.4 is 11.1 Å². The zero-order valence-corrected chi connectivity index (χ0v) is 17.1. The first-order valence-corrected chi connectivity index (χ1v) is 8.29. The zero-order valence-electron chi connectivity index (χ0n) is 15.3. The van der Waals surface area contributed by atoms with Crippen molar-refractivity contribution in [3.05, 3.63) is 53.7 Å². The standard InChI is InChI=1S/C19H22N4O2.ClH.H2S/c1-3-17-15-8-7-13(21-19(25)16(20)11-24)10-18(15)23(22-17)14-6-4-5-12(2)9-14;;/h4-10,16,24H,3,11,20H2,1-2H3,(H,21,25);1H;1H2/t16-;;/m0../s1. The van der Waals surface area contributed by atoms with E-state index >= 15 is 0 Å². The SMILES string of the molecule is CCc1nn(-c2cccc(C)c2)c2cc(NC(=O)[C@@H](N)CO)ccc12.Cl.S. The molecule has 0 unspecified atom stereocenters. The molecule has 0 saturated heterocycles. The lowest BCUT2D eigenvalue weighted by molar-refractivity contribution is -0.118. The highest BCUT2D eigenvalue weighted by Crippen LogP contribution is 2.26. The van der Waals surface area contributed by atoms with E-state index in [9.17, 15) is 4.79 Å². The summed E-state index contributed by atoms with van der Waals surface area (Å²) in [5.74, 6) is -0.417. The van der Waals surface area contributed by atoms with E-state index in [-0.39, 0.29) is 25.9 Å². The normalized spacial score (nSPS) is 11.4. The molecule has 27 heavy (non-hydrogen) atoms. The Balaban J connectivity index is 0.00000182. The van der Waals surface area contributed by atoms with Gasteiger partial charge >= 0.3 is 0 Å². The number of aromatic nitrogens is 2. The fraction of sp³-hybridized carbons (Fsp3) is 0.263. The van der Waals surface area contributed by atoms with Crippen LogP contribution in [0.3, 0.4) is 0 Å². The minimum atomic E-state index is -0.941. The summed E-state index contributed by atoms with van der Waals surface area (Å²) in [5, 5.41) is 17.5. The van der Waals surface area contributed by atoms with Gasteiger partial charge in [0.25, 0.3) is 0 Å². The van der Waals surface area contributed by atoms with Gasteiger partial charge in [-0.25, -0.2) is 4.68 Å². The van der Waals surface area contributed by atoms with E-state index < -0.39 is 18.6 Å². The summed E-state index contributed by atoms with van der Waals surface area (Å²) in [6, 6.07) is 12.8. The minimum Gasteiger partial charge on any atom is -0.394 e. The van der Waals surface area contributed by atoms with Gasteiger partial charge in [-0.2, -0.15) is 18.6 Å². The molecule has 2 aromatic carbocycles. The van der Waals surface area contributed by atoms with E-state index in [0.29, 0.717) is 5.69 Å². The second-order valence-corrected chi connectivity index (χ2v) is 6.06. The van der Waals surface area contributed by atoms with Crippen molar-refractivity contribution in [3.63, 3.8) is 0 Å². The summed E-state index contributed by atoms with van der Waals surface area (Å²) >= 11 is 0. The van der Waals surface area contributed by atoms with Crippen LogP contribution in [-0.4, -0.2) is 33.4 Å². The van der Waals surface area contributed by atoms with Crippen LogP contribution in [0.25, 0.3) is 16.6 Å². The number of rotatable bonds is 5. The third-order valence-electron chi connectivity index (χ3n) is 4.14. The number of carbonyl (C=O) groups is 1. The van der Waals surface area contributed by atoms with E-state index in [1.807, 2.05) is 48.0 Å². The van der Waals surface area contributed by atoms with Crippen LogP contribution in [0, 0.1) is 6.92 Å². The van der Waals surface area contributed by atoms with Crippen molar-refractivity contribution in [1.82, 2.24) is 9.78 Å². The van der Waals surface area contributed by atoms with Crippen molar-refractivity contribution in [2.45, 2.75) is 26.3 Å². The second kappa shape index (κ2) is 9.75. The number of aliphatic hydroxyl groups is 1. The van der Waals surface area contributed by atoms with E-state index in [2.05, 4.69) is 18.3 Å². The largest absolute Gasteiger partial charge is 0.394 e. The fourth-order valence-corrected chi connectivity index (χ4v) is 2.79. The van der Waals surface area contributed by atoms with Crippen LogP contribution in [0.2, 0.25) is 0 Å². The first kappa shape index (κ1) is 23.0. The number of fused-ring (bicyclic) bond motifs is 1. The van der Waals surface area contributed by atoms with Gasteiger partial charge in [0.2, 0.25) is 5.91 Å². The molecular formula is C19H25ClN4O2S. The summed E-state index contributed by atoms with van der Waals surface area (Å²) in [6.07, 6.45) is 0.816. The van der Waals surface area contributed by atoms with Crippen LogP contribution in [0.15, 0.2) is 42.5 Å². The average molecular weight is 409 g/mol. The Labute approximate surface area is 171 Å². The Morgan fingerprint density at radius 3 is 2.67 bits per heavy atom. The molecule has 1 amide bonds. The van der Waals surface area contributed by atoms with Gasteiger partial charge in [0, 0.05) is 11.1 Å². The molecule has 0 spiro atoms. The van der Waals surface area contributed by atoms with E-state index in [0.717, 1.165) is 34.3 Å². The van der Waals surface area contributed by atoms with Crippen molar-refractivity contribution >= 4 is 48.4 Å². The van der Waals surface area contributed by atoms with Crippen molar-refractivity contribution < 1.29 is 9.90 Å². The second-order valence-electron chi connectivity index (χ2n) is 6.06. The molecule has 0 radical (unpaired) electrons. The Bertz CT molecular complexity index is 929. The third kappa shape index (κ3) is 4.81. The number of nitrogens with two attached hydrogens (primary N) is 1. The number of hydrogen-bond donors (Lipinski definition) is 3. The molecule has 146 valence electrons. The molecule has 0 saturated carbocycles. The molecule has 1 atom stereocenters. The zero-order chi connectivity index (χ0) is 18.0. The summed E-state index contributed by atoms with van der Waals surface area (Å²) in [6.45, 7) is 3.71. The molecule has 4 N–H and O–H groups in total. The smallest absolute Gasteiger partial charge is 0.243 e. The quantitative estimate of drug-likeness (QED) is 0.605. The number of nitrogens with one attached hydrogen (secondary N) is 1. The van der Waals surface area contributed by atoms with Gasteiger partial charge < -0.3 is 16.2 Å². The summed E-state index contributed by atoms with van der Waals surface area (Å²) < 4.78 is 1.89. The van der Waals surface area contributed by atoms with E-state index in [1.165, 1.54) is 0 Å². The Morgan fingerprint density at radius 1 is 1.30 bits per heavy atom. The van der Waals surface area contributed by atoms with E-state index in [4.69, 9.17) is 15.9 Å². The highest BCUT2D eigenvalue weighted by molar-refractivity contribution is 7.59. The average Bonchev–Trinajstić information content (AvgIpc) is 2.99. The van der Waals surface area contributed by atoms with Gasteiger partial charge in [-0.1, -0.05) is 19.1 Å². The van der Waals surface area contributed by atoms with Crippen LogP contribution >= 0.6 is 25.9 Å². The Kier molecular flexibility index (Phi) is 8.30. The Hall–Kier alpha value is -2.06. The number of aryl methyl sites for hydroxylation is 2. The molecule has 8 heteroatoms. The highest BCUT2D eigenvalue weighted by Gasteiger charge is 2.15. The minimum absolute atomic E-state index is 0. The highest BCUT2D eigenvalue weighted by atomic mass is 35.5. The summed E-state index contributed by atoms with van der Waals surface area (Å²) in [4.78, 5) is 11.9. The van der Waals surface area contributed by atoms with Crippen LogP contribution in [0.5, 0.6) is 0 Å². The number of benzene rings is 2. The van der Waals surface area contributed by atoms with Gasteiger partial charge in [-0.15, -0.1) is 12.4 Å². The maximum absolute atomic E-state index is 11.9. The molecule has 6 nitrogen and oxygen atoms in total. The number of anilines is 1. The Morgan fingerprint density at radius 2 is 2.04 bits per heavy atom. The molecule has 1 heterocycles. The van der Waals surface area contributed by atoms with Gasteiger partial charge in [-0.05, 0) is 49.2 Å². The van der Waals surface area contributed by atoms with Gasteiger partial charge in [0.15, 0.2) is 0 Å². The predicted molar refractivity (Wildman–Crippen MR) is 117 cm³/mol. The van der Waals surface area contributed by atoms with Crippen molar-refractivity contribution in [2.75, 3.05) is 11.9 Å². The van der Waals surface area contributed by atoms with E-state index in [1.54, 1.807) is 0 Å². The number of aliphatic hydroxyl groups excluding tert-OH is 1. The molecule has 3 aromatic rings. The molecule has 0 aliphatic heterocycles. The summed E-state index contributed by atoms with van der Waals surface area (Å²) in [7, 11) is 0. The first-order valence-electron chi connectivity index (χ1n) is 8.29. The molecule has 3 rings (SSSR count). The van der Waals surface area contributed by atoms with Crippen LogP contribution in [0.1, 0.15) is 18.2 Å². The van der Waals surface area contributed by atoms with Crippen LogP contribution in [-0.2, 0) is 11.2 Å². The monoisotopic (exact) mass is 408 g/mol. The lowest BCUT2D eigenvalue weighted by Gasteiger charge is -2.10. The predicted octanol–water partition coefficient (Wildman–Crippen LogP) is 2.69. The lowest BCUT2D eigenvalue weighted by atomic mass is 10.1. The van der Waals surface area contributed by atoms with Crippen molar-refractivity contribution in [2.24, 2.45) is 5.73 Å². The number of amides is 1. The van der Waals surface area contributed by atoms with Crippen LogP contribution in [0.4, 0.5) is 5.69 Å². The molecular weight excluding hydrogens is 384 g/mol. The van der Waals surface area contributed by atoms with Gasteiger partial charge in [-0.3, -0.25) is 4.79 Å². The molecule has 0 bridgehead atoms. The molecule has 0 aliphatic carbocycles. The maximum Gasteiger partial charge on any atom is 0.243 e. The number of nitrogens with zero attached hydrogens (tertiary/aromatic N) is 2. The number of hydrogen-bond acceptors (Lipinski definition) is 4. The lowest BCUT2D eigenvalue weighted by Crippen LogP contribution is -2.38. The first-order chi connectivity index (χ1) is 12.0. The van der Waals surface area contributed by atoms with Crippen molar-refractivity contribution in [1.29, 1.82) is 0 Å². The molecule has 0 aliphatic rings. The molecule has 0 fully saturated rings. The maximum atomic E-state index is 11.9. The van der Waals surface area contributed by atoms with Gasteiger partial charge in [0.05, 0.1) is 23.5 Å². The topological polar surface area (TPSA) is 93.2 Å². The van der Waals surface area contributed by atoms with Gasteiger partial charge in [0.1, 0.15) is 6.04 Å². The fourth-order valence-electron chi connectivity index (χ4n) is 2.79. The number of carbonyl (C=O) groups excluding carboxylic acids is 1.